The van der Waals surface area contributed by atoms with E-state index in [4.69, 9.17) is 9.84 Å². The standard InChI is InChI=1S/C15H16N4O4S/c1-23-15(22)11-2-3-13(24-11)19-6-4-18(5-7-19)12-9-16-10(8-17-12)14(20)21/h2-3,8-9H,4-7H2,1H3,(H,20,21). The highest BCUT2D eigenvalue weighted by Gasteiger charge is 2.21. The maximum Gasteiger partial charge on any atom is 0.356 e. The van der Waals surface area contributed by atoms with Gasteiger partial charge in [-0.1, -0.05) is 0 Å². The van der Waals surface area contributed by atoms with Crippen molar-refractivity contribution in [3.05, 3.63) is 35.1 Å². The van der Waals surface area contributed by atoms with E-state index in [-0.39, 0.29) is 11.7 Å². The molecule has 0 bridgehead atoms. The number of carbonyl (C=O) groups excluding carboxylic acids is 1. The molecular weight excluding hydrogens is 332 g/mol. The van der Waals surface area contributed by atoms with Crippen molar-refractivity contribution in [2.75, 3.05) is 43.1 Å². The molecule has 1 aliphatic rings. The Hall–Kier alpha value is -2.68. The van der Waals surface area contributed by atoms with Crippen LogP contribution in [0.2, 0.25) is 0 Å². The summed E-state index contributed by atoms with van der Waals surface area (Å²) in [5.74, 6) is -0.738. The Morgan fingerprint density at radius 1 is 1.12 bits per heavy atom. The number of carboxylic acids is 1. The summed E-state index contributed by atoms with van der Waals surface area (Å²) in [6, 6.07) is 3.70. The van der Waals surface area contributed by atoms with Crippen molar-refractivity contribution in [3.63, 3.8) is 0 Å². The van der Waals surface area contributed by atoms with Gasteiger partial charge in [-0.2, -0.15) is 0 Å². The van der Waals surface area contributed by atoms with E-state index in [0.29, 0.717) is 10.7 Å². The van der Waals surface area contributed by atoms with Gasteiger partial charge in [-0.05, 0) is 12.1 Å². The fourth-order valence-corrected chi connectivity index (χ4v) is 3.43. The number of aromatic nitrogens is 2. The van der Waals surface area contributed by atoms with Crippen LogP contribution in [0.25, 0.3) is 0 Å². The van der Waals surface area contributed by atoms with E-state index in [9.17, 15) is 9.59 Å². The lowest BCUT2D eigenvalue weighted by Gasteiger charge is -2.35. The van der Waals surface area contributed by atoms with Crippen LogP contribution >= 0.6 is 11.3 Å². The molecule has 1 aliphatic heterocycles. The van der Waals surface area contributed by atoms with Crippen molar-refractivity contribution in [3.8, 4) is 0 Å². The minimum atomic E-state index is -1.09. The van der Waals surface area contributed by atoms with Crippen LogP contribution in [-0.4, -0.2) is 60.3 Å². The Labute approximate surface area is 142 Å². The van der Waals surface area contributed by atoms with Crippen molar-refractivity contribution >= 4 is 34.1 Å². The van der Waals surface area contributed by atoms with Crippen molar-refractivity contribution in [1.29, 1.82) is 0 Å². The molecule has 9 heteroatoms. The number of nitrogens with zero attached hydrogens (tertiary/aromatic N) is 4. The third-order valence-corrected chi connectivity index (χ3v) is 4.88. The minimum Gasteiger partial charge on any atom is -0.476 e. The maximum atomic E-state index is 11.5. The van der Waals surface area contributed by atoms with Crippen molar-refractivity contribution in [2.24, 2.45) is 0 Å². The number of carboxylic acid groups (broad SMARTS) is 1. The highest BCUT2D eigenvalue weighted by atomic mass is 32.1. The Morgan fingerprint density at radius 3 is 2.42 bits per heavy atom. The maximum absolute atomic E-state index is 11.5. The van der Waals surface area contributed by atoms with Gasteiger partial charge in [0.2, 0.25) is 0 Å². The SMILES string of the molecule is COC(=O)c1ccc(N2CCN(c3cnc(C(=O)O)cn3)CC2)s1. The molecule has 2 aromatic rings. The number of carbonyl (C=O) groups is 2. The topological polar surface area (TPSA) is 95.9 Å². The summed E-state index contributed by atoms with van der Waals surface area (Å²) in [6.07, 6.45) is 2.76. The number of ether oxygens (including phenoxy) is 1. The molecule has 24 heavy (non-hydrogen) atoms. The summed E-state index contributed by atoms with van der Waals surface area (Å²) in [5, 5.41) is 9.88. The number of esters is 1. The van der Waals surface area contributed by atoms with Crippen LogP contribution in [0.4, 0.5) is 10.8 Å². The average molecular weight is 348 g/mol. The van der Waals surface area contributed by atoms with Crippen LogP contribution in [0.15, 0.2) is 24.5 Å². The van der Waals surface area contributed by atoms with Crippen molar-refractivity contribution in [1.82, 2.24) is 9.97 Å². The summed E-state index contributed by atoms with van der Waals surface area (Å²) in [7, 11) is 1.37. The van der Waals surface area contributed by atoms with Crippen LogP contribution < -0.4 is 9.80 Å². The van der Waals surface area contributed by atoms with E-state index in [2.05, 4.69) is 19.8 Å². The minimum absolute atomic E-state index is 0.0636. The normalized spacial score (nSPS) is 14.5. The Balaban J connectivity index is 1.62. The first-order chi connectivity index (χ1) is 11.6. The zero-order valence-electron chi connectivity index (χ0n) is 13.0. The lowest BCUT2D eigenvalue weighted by atomic mass is 10.3. The quantitative estimate of drug-likeness (QED) is 0.827. The van der Waals surface area contributed by atoms with Crippen LogP contribution in [-0.2, 0) is 4.74 Å². The molecule has 0 radical (unpaired) electrons. The number of anilines is 2. The molecule has 126 valence electrons. The fourth-order valence-electron chi connectivity index (χ4n) is 2.46. The zero-order chi connectivity index (χ0) is 17.1. The van der Waals surface area contributed by atoms with Gasteiger partial charge in [-0.25, -0.2) is 19.6 Å². The second-order valence-electron chi connectivity index (χ2n) is 5.17. The molecule has 3 rings (SSSR count). The lowest BCUT2D eigenvalue weighted by molar-refractivity contribution is 0.0605. The number of methoxy groups -OCH3 is 1. The first kappa shape index (κ1) is 16.2. The molecule has 0 spiro atoms. The highest BCUT2D eigenvalue weighted by Crippen LogP contribution is 2.28. The number of thiophene rings is 1. The van der Waals surface area contributed by atoms with Gasteiger partial charge in [0.1, 0.15) is 10.7 Å². The molecule has 0 saturated carbocycles. The number of hydrogen-bond acceptors (Lipinski definition) is 8. The Bertz CT molecular complexity index is 738. The average Bonchev–Trinajstić information content (AvgIpc) is 3.11. The predicted molar refractivity (Wildman–Crippen MR) is 89.1 cm³/mol. The molecular formula is C15H16N4O4S. The summed E-state index contributed by atoms with van der Waals surface area (Å²) < 4.78 is 4.73. The summed E-state index contributed by atoms with van der Waals surface area (Å²) in [5.41, 5.74) is -0.0636. The molecule has 8 nitrogen and oxygen atoms in total. The van der Waals surface area contributed by atoms with E-state index >= 15 is 0 Å². The summed E-state index contributed by atoms with van der Waals surface area (Å²) >= 11 is 1.41. The lowest BCUT2D eigenvalue weighted by Crippen LogP contribution is -2.46. The van der Waals surface area contributed by atoms with Crippen LogP contribution in [0.3, 0.4) is 0 Å². The van der Waals surface area contributed by atoms with Gasteiger partial charge >= 0.3 is 11.9 Å². The van der Waals surface area contributed by atoms with Gasteiger partial charge in [0, 0.05) is 26.2 Å². The van der Waals surface area contributed by atoms with Crippen LogP contribution in [0, 0.1) is 0 Å². The first-order valence-corrected chi connectivity index (χ1v) is 8.13. The second kappa shape index (κ2) is 6.83. The largest absolute Gasteiger partial charge is 0.476 e. The fraction of sp³-hybridized carbons (Fsp3) is 0.333. The highest BCUT2D eigenvalue weighted by molar-refractivity contribution is 7.17. The summed E-state index contributed by atoms with van der Waals surface area (Å²) in [4.78, 5) is 35.2. The van der Waals surface area contributed by atoms with Gasteiger partial charge < -0.3 is 19.6 Å². The number of piperazine rings is 1. The molecule has 0 amide bonds. The van der Waals surface area contributed by atoms with Gasteiger partial charge in [-0.15, -0.1) is 11.3 Å². The third-order valence-electron chi connectivity index (χ3n) is 3.75. The molecule has 0 atom stereocenters. The third kappa shape index (κ3) is 3.30. The first-order valence-electron chi connectivity index (χ1n) is 7.32. The molecule has 1 N–H and O–H groups in total. The predicted octanol–water partition coefficient (Wildman–Crippen LogP) is 1.35. The van der Waals surface area contributed by atoms with E-state index in [1.54, 1.807) is 6.07 Å². The van der Waals surface area contributed by atoms with Gasteiger partial charge in [0.25, 0.3) is 0 Å². The van der Waals surface area contributed by atoms with Crippen molar-refractivity contribution < 1.29 is 19.4 Å². The number of aromatic carboxylic acids is 1. The van der Waals surface area contributed by atoms with E-state index in [0.717, 1.165) is 31.2 Å². The number of hydrogen-bond donors (Lipinski definition) is 1. The smallest absolute Gasteiger partial charge is 0.356 e. The summed E-state index contributed by atoms with van der Waals surface area (Å²) in [6.45, 7) is 3.05. The van der Waals surface area contributed by atoms with Gasteiger partial charge in [-0.3, -0.25) is 0 Å². The molecule has 0 unspecified atom stereocenters. The molecule has 3 heterocycles. The molecule has 0 aromatic carbocycles. The van der Waals surface area contributed by atoms with Crippen LogP contribution in [0.5, 0.6) is 0 Å². The van der Waals surface area contributed by atoms with Crippen LogP contribution in [0.1, 0.15) is 20.2 Å². The number of rotatable bonds is 4. The van der Waals surface area contributed by atoms with E-state index < -0.39 is 5.97 Å². The van der Waals surface area contributed by atoms with Gasteiger partial charge in [0.15, 0.2) is 5.69 Å². The van der Waals surface area contributed by atoms with Crippen molar-refractivity contribution in [2.45, 2.75) is 0 Å². The molecule has 1 saturated heterocycles. The van der Waals surface area contributed by atoms with E-state index in [1.165, 1.54) is 30.8 Å². The van der Waals surface area contributed by atoms with E-state index in [1.807, 2.05) is 6.07 Å². The molecule has 0 aliphatic carbocycles. The Morgan fingerprint density at radius 2 is 1.83 bits per heavy atom. The van der Waals surface area contributed by atoms with Gasteiger partial charge in [0.05, 0.1) is 24.5 Å². The second-order valence-corrected chi connectivity index (χ2v) is 6.23. The molecule has 1 fully saturated rings. The Kier molecular flexibility index (Phi) is 4.61. The zero-order valence-corrected chi connectivity index (χ0v) is 13.8. The molecule has 2 aromatic heterocycles. The monoisotopic (exact) mass is 348 g/mol.